The first-order valence-electron chi connectivity index (χ1n) is 5.07. The van der Waals surface area contributed by atoms with E-state index >= 15 is 0 Å². The average molecular weight is 234 g/mol. The van der Waals surface area contributed by atoms with Crippen molar-refractivity contribution in [2.75, 3.05) is 17.7 Å². The number of aromatic nitrogens is 2. The minimum Gasteiger partial charge on any atom is -0.365 e. The molecule has 2 aromatic heterocycles. The number of anilines is 2. The number of thiophene rings is 1. The quantitative estimate of drug-likeness (QED) is 0.853. The molecule has 0 saturated heterocycles. The Morgan fingerprint density at radius 1 is 1.44 bits per heavy atom. The van der Waals surface area contributed by atoms with E-state index in [4.69, 9.17) is 0 Å². The van der Waals surface area contributed by atoms with Crippen LogP contribution in [-0.4, -0.2) is 17.0 Å². The zero-order valence-corrected chi connectivity index (χ0v) is 10.1. The molecule has 0 aliphatic heterocycles. The molecule has 0 aliphatic rings. The van der Waals surface area contributed by atoms with E-state index in [2.05, 4.69) is 32.0 Å². The van der Waals surface area contributed by atoms with Crippen molar-refractivity contribution in [1.82, 2.24) is 9.97 Å². The summed E-state index contributed by atoms with van der Waals surface area (Å²) in [6, 6.07) is 4.15. The first-order valence-corrected chi connectivity index (χ1v) is 5.95. The number of nitrogens with one attached hydrogen (secondary N) is 2. The molecular weight excluding hydrogens is 220 g/mol. The third-order valence-corrected chi connectivity index (χ3v) is 3.08. The van der Waals surface area contributed by atoms with Gasteiger partial charge in [0.15, 0.2) is 0 Å². The fraction of sp³-hybridized carbons (Fsp3) is 0.273. The van der Waals surface area contributed by atoms with Crippen molar-refractivity contribution in [2.24, 2.45) is 0 Å². The summed E-state index contributed by atoms with van der Waals surface area (Å²) >= 11 is 1.74. The molecule has 0 radical (unpaired) electrons. The first-order chi connectivity index (χ1) is 7.79. The van der Waals surface area contributed by atoms with Crippen LogP contribution in [0.15, 0.2) is 23.7 Å². The lowest BCUT2D eigenvalue weighted by molar-refractivity contribution is 1.07. The maximum atomic E-state index is 4.36. The summed E-state index contributed by atoms with van der Waals surface area (Å²) in [7, 11) is 1.81. The Bertz CT molecular complexity index is 453. The van der Waals surface area contributed by atoms with Crippen LogP contribution in [-0.2, 0) is 6.54 Å². The van der Waals surface area contributed by atoms with Gasteiger partial charge in [-0.15, -0.1) is 11.3 Å². The summed E-state index contributed by atoms with van der Waals surface area (Å²) in [6.07, 6.45) is 1.82. The molecule has 0 aromatic carbocycles. The van der Waals surface area contributed by atoms with Crippen LogP contribution in [0.2, 0.25) is 0 Å². The molecule has 16 heavy (non-hydrogen) atoms. The van der Waals surface area contributed by atoms with Crippen molar-refractivity contribution < 1.29 is 0 Å². The first kappa shape index (κ1) is 10.9. The largest absolute Gasteiger partial charge is 0.365 e. The highest BCUT2D eigenvalue weighted by atomic mass is 32.1. The molecule has 0 spiro atoms. The van der Waals surface area contributed by atoms with Gasteiger partial charge in [0.05, 0.1) is 6.54 Å². The Morgan fingerprint density at radius 2 is 2.31 bits per heavy atom. The van der Waals surface area contributed by atoms with Crippen LogP contribution in [0.1, 0.15) is 10.4 Å². The summed E-state index contributed by atoms with van der Waals surface area (Å²) in [5.74, 6) is 1.52. The summed E-state index contributed by atoms with van der Waals surface area (Å²) in [5.41, 5.74) is 1.05. The fourth-order valence-corrected chi connectivity index (χ4v) is 1.97. The van der Waals surface area contributed by atoms with Gasteiger partial charge in [-0.2, -0.15) is 4.98 Å². The van der Waals surface area contributed by atoms with E-state index in [0.29, 0.717) is 5.95 Å². The summed E-state index contributed by atoms with van der Waals surface area (Å²) < 4.78 is 0. The highest BCUT2D eigenvalue weighted by Crippen LogP contribution is 2.15. The van der Waals surface area contributed by atoms with Crippen molar-refractivity contribution in [3.05, 3.63) is 34.2 Å². The lowest BCUT2D eigenvalue weighted by atomic mass is 10.3. The Kier molecular flexibility index (Phi) is 3.36. The Labute approximate surface area is 98.8 Å². The van der Waals surface area contributed by atoms with E-state index in [1.54, 1.807) is 11.3 Å². The van der Waals surface area contributed by atoms with Gasteiger partial charge in [-0.3, -0.25) is 0 Å². The number of rotatable bonds is 4. The smallest absolute Gasteiger partial charge is 0.224 e. The van der Waals surface area contributed by atoms with Crippen LogP contribution in [0, 0.1) is 6.92 Å². The minimum absolute atomic E-state index is 0.638. The summed E-state index contributed by atoms with van der Waals surface area (Å²) in [5, 5.41) is 8.31. The summed E-state index contributed by atoms with van der Waals surface area (Å²) in [4.78, 5) is 9.80. The second-order valence-electron chi connectivity index (χ2n) is 3.41. The zero-order chi connectivity index (χ0) is 11.4. The molecule has 0 aliphatic carbocycles. The van der Waals surface area contributed by atoms with Crippen LogP contribution in [0.3, 0.4) is 0 Å². The molecule has 0 bridgehead atoms. The predicted octanol–water partition coefficient (Wildman–Crippen LogP) is 2.50. The van der Waals surface area contributed by atoms with Gasteiger partial charge < -0.3 is 10.6 Å². The highest BCUT2D eigenvalue weighted by Gasteiger charge is 2.02. The summed E-state index contributed by atoms with van der Waals surface area (Å²) in [6.45, 7) is 2.80. The van der Waals surface area contributed by atoms with E-state index in [1.807, 2.05) is 26.2 Å². The van der Waals surface area contributed by atoms with Gasteiger partial charge in [-0.25, -0.2) is 4.98 Å². The molecule has 2 rings (SSSR count). The van der Waals surface area contributed by atoms with E-state index < -0.39 is 0 Å². The van der Waals surface area contributed by atoms with Crippen LogP contribution >= 0.6 is 11.3 Å². The van der Waals surface area contributed by atoms with E-state index in [0.717, 1.165) is 17.9 Å². The number of aryl methyl sites for hydroxylation is 1. The molecule has 4 nitrogen and oxygen atoms in total. The molecule has 2 N–H and O–H groups in total. The van der Waals surface area contributed by atoms with Crippen molar-refractivity contribution >= 4 is 23.1 Å². The third-order valence-electron chi connectivity index (χ3n) is 2.21. The van der Waals surface area contributed by atoms with Gasteiger partial charge in [0, 0.05) is 23.7 Å². The van der Waals surface area contributed by atoms with Crippen LogP contribution in [0.25, 0.3) is 0 Å². The standard InChI is InChI=1S/C11H14N4S/c1-8-6-14-11(12-2)15-10(8)13-7-9-4-3-5-16-9/h3-6H,7H2,1-2H3,(H2,12,13,14,15). The van der Waals surface area contributed by atoms with Crippen molar-refractivity contribution in [1.29, 1.82) is 0 Å². The molecule has 0 saturated carbocycles. The Hall–Kier alpha value is -1.62. The van der Waals surface area contributed by atoms with Gasteiger partial charge in [-0.05, 0) is 18.4 Å². The molecule has 2 aromatic rings. The minimum atomic E-state index is 0.638. The SMILES string of the molecule is CNc1ncc(C)c(NCc2cccs2)n1. The highest BCUT2D eigenvalue weighted by molar-refractivity contribution is 7.09. The second-order valence-corrected chi connectivity index (χ2v) is 4.44. The van der Waals surface area contributed by atoms with Gasteiger partial charge in [0.1, 0.15) is 5.82 Å². The van der Waals surface area contributed by atoms with Crippen molar-refractivity contribution in [2.45, 2.75) is 13.5 Å². The number of nitrogens with zero attached hydrogens (tertiary/aromatic N) is 2. The lowest BCUT2D eigenvalue weighted by Crippen LogP contribution is -2.05. The van der Waals surface area contributed by atoms with Crippen LogP contribution < -0.4 is 10.6 Å². The predicted molar refractivity (Wildman–Crippen MR) is 68.0 cm³/mol. The van der Waals surface area contributed by atoms with Crippen LogP contribution in [0.4, 0.5) is 11.8 Å². The van der Waals surface area contributed by atoms with E-state index in [-0.39, 0.29) is 0 Å². The molecule has 2 heterocycles. The zero-order valence-electron chi connectivity index (χ0n) is 9.32. The molecular formula is C11H14N4S. The Morgan fingerprint density at radius 3 is 3.00 bits per heavy atom. The number of hydrogen-bond donors (Lipinski definition) is 2. The Balaban J connectivity index is 2.08. The monoisotopic (exact) mass is 234 g/mol. The van der Waals surface area contributed by atoms with E-state index in [9.17, 15) is 0 Å². The topological polar surface area (TPSA) is 49.8 Å². The normalized spacial score (nSPS) is 10.1. The molecule has 0 fully saturated rings. The van der Waals surface area contributed by atoms with E-state index in [1.165, 1.54) is 4.88 Å². The third kappa shape index (κ3) is 2.49. The number of hydrogen-bond acceptors (Lipinski definition) is 5. The fourth-order valence-electron chi connectivity index (χ4n) is 1.33. The molecule has 0 atom stereocenters. The second kappa shape index (κ2) is 4.94. The van der Waals surface area contributed by atoms with Gasteiger partial charge in [-0.1, -0.05) is 6.07 Å². The van der Waals surface area contributed by atoms with Crippen molar-refractivity contribution in [3.63, 3.8) is 0 Å². The van der Waals surface area contributed by atoms with Crippen molar-refractivity contribution in [3.8, 4) is 0 Å². The average Bonchev–Trinajstić information content (AvgIpc) is 2.81. The molecule has 5 heteroatoms. The molecule has 0 unspecified atom stereocenters. The van der Waals surface area contributed by atoms with Crippen LogP contribution in [0.5, 0.6) is 0 Å². The molecule has 0 amide bonds. The van der Waals surface area contributed by atoms with Gasteiger partial charge >= 0.3 is 0 Å². The van der Waals surface area contributed by atoms with Gasteiger partial charge in [0.2, 0.25) is 5.95 Å². The van der Waals surface area contributed by atoms with Gasteiger partial charge in [0.25, 0.3) is 0 Å². The maximum Gasteiger partial charge on any atom is 0.224 e. The lowest BCUT2D eigenvalue weighted by Gasteiger charge is -2.08. The molecule has 84 valence electrons. The maximum absolute atomic E-state index is 4.36.